The molecule has 0 amide bonds. The molecule has 2 aromatic rings. The van der Waals surface area contributed by atoms with E-state index in [1.165, 1.54) is 24.8 Å². The largest absolute Gasteiger partial charge is 0.426 e. The first-order valence-corrected chi connectivity index (χ1v) is 10.1. The number of carbonyl (C=O) groups excluding carboxylic acids is 1. The van der Waals surface area contributed by atoms with Gasteiger partial charge in [0.1, 0.15) is 5.75 Å². The Balaban J connectivity index is 1.94. The van der Waals surface area contributed by atoms with Crippen molar-refractivity contribution in [3.63, 3.8) is 0 Å². The average Bonchev–Trinajstić information content (AvgIpc) is 2.68. The molecule has 0 heterocycles. The van der Waals surface area contributed by atoms with Crippen molar-refractivity contribution in [1.29, 1.82) is 0 Å². The SMILES string of the molecule is CCCCCCC(CCCC)C(=O)Oc1ccc(-c2ccccc2)cc1. The van der Waals surface area contributed by atoms with Gasteiger partial charge < -0.3 is 4.74 Å². The van der Waals surface area contributed by atoms with Gasteiger partial charge in [0.05, 0.1) is 5.92 Å². The van der Waals surface area contributed by atoms with E-state index in [-0.39, 0.29) is 11.9 Å². The van der Waals surface area contributed by atoms with E-state index in [0.29, 0.717) is 5.75 Å². The van der Waals surface area contributed by atoms with Crippen LogP contribution < -0.4 is 4.74 Å². The molecule has 0 aromatic heterocycles. The Labute approximate surface area is 158 Å². The normalized spacial score (nSPS) is 11.9. The molecule has 0 saturated carbocycles. The Bertz CT molecular complexity index is 631. The number of carbonyl (C=O) groups is 1. The van der Waals surface area contributed by atoms with Crippen LogP contribution in [0.1, 0.15) is 65.2 Å². The van der Waals surface area contributed by atoms with E-state index < -0.39 is 0 Å². The van der Waals surface area contributed by atoms with Crippen LogP contribution in [0.15, 0.2) is 54.6 Å². The molecule has 1 unspecified atom stereocenters. The molecule has 0 radical (unpaired) electrons. The molecule has 2 rings (SSSR count). The summed E-state index contributed by atoms with van der Waals surface area (Å²) in [5.41, 5.74) is 2.30. The van der Waals surface area contributed by atoms with E-state index in [1.807, 2.05) is 42.5 Å². The third-order valence-corrected chi connectivity index (χ3v) is 4.83. The zero-order valence-corrected chi connectivity index (χ0v) is 16.2. The lowest BCUT2D eigenvalue weighted by Gasteiger charge is -2.15. The predicted molar refractivity (Wildman–Crippen MR) is 109 cm³/mol. The van der Waals surface area contributed by atoms with Crippen molar-refractivity contribution in [3.8, 4) is 16.9 Å². The first kappa shape index (κ1) is 20.2. The second kappa shape index (κ2) is 11.5. The van der Waals surface area contributed by atoms with Crippen LogP contribution >= 0.6 is 0 Å². The highest BCUT2D eigenvalue weighted by atomic mass is 16.5. The molecule has 2 aromatic carbocycles. The van der Waals surface area contributed by atoms with Crippen LogP contribution in [-0.2, 0) is 4.79 Å². The molecule has 1 atom stereocenters. The predicted octanol–water partition coefficient (Wildman–Crippen LogP) is 7.04. The Kier molecular flexibility index (Phi) is 8.95. The fourth-order valence-electron chi connectivity index (χ4n) is 3.19. The lowest BCUT2D eigenvalue weighted by molar-refractivity contribution is -0.139. The van der Waals surface area contributed by atoms with Gasteiger partial charge in [-0.2, -0.15) is 0 Å². The molecule has 0 aliphatic rings. The van der Waals surface area contributed by atoms with Crippen LogP contribution in [0, 0.1) is 5.92 Å². The third kappa shape index (κ3) is 6.67. The molecule has 26 heavy (non-hydrogen) atoms. The first-order valence-electron chi connectivity index (χ1n) is 10.1. The van der Waals surface area contributed by atoms with Gasteiger partial charge in [-0.25, -0.2) is 0 Å². The zero-order valence-electron chi connectivity index (χ0n) is 16.2. The van der Waals surface area contributed by atoms with Crippen LogP contribution in [0.2, 0.25) is 0 Å². The first-order chi connectivity index (χ1) is 12.7. The quantitative estimate of drug-likeness (QED) is 0.246. The van der Waals surface area contributed by atoms with Crippen molar-refractivity contribution in [3.05, 3.63) is 54.6 Å². The molecular weight excluding hydrogens is 320 g/mol. The van der Waals surface area contributed by atoms with E-state index in [2.05, 4.69) is 26.0 Å². The number of unbranched alkanes of at least 4 members (excludes halogenated alkanes) is 4. The summed E-state index contributed by atoms with van der Waals surface area (Å²) in [6, 6.07) is 18.1. The molecule has 0 saturated heterocycles. The van der Waals surface area contributed by atoms with E-state index in [1.54, 1.807) is 0 Å². The van der Waals surface area contributed by atoms with E-state index >= 15 is 0 Å². The van der Waals surface area contributed by atoms with Crippen LogP contribution in [0.25, 0.3) is 11.1 Å². The van der Waals surface area contributed by atoms with Gasteiger partial charge in [-0.3, -0.25) is 4.79 Å². The average molecular weight is 353 g/mol. The maximum atomic E-state index is 12.6. The summed E-state index contributed by atoms with van der Waals surface area (Å²) in [4.78, 5) is 12.6. The van der Waals surface area contributed by atoms with Gasteiger partial charge in [0.25, 0.3) is 0 Å². The number of rotatable bonds is 11. The summed E-state index contributed by atoms with van der Waals surface area (Å²) < 4.78 is 5.68. The summed E-state index contributed by atoms with van der Waals surface area (Å²) in [5, 5.41) is 0. The van der Waals surface area contributed by atoms with Gasteiger partial charge >= 0.3 is 5.97 Å². The Morgan fingerprint density at radius 3 is 2.04 bits per heavy atom. The summed E-state index contributed by atoms with van der Waals surface area (Å²) >= 11 is 0. The topological polar surface area (TPSA) is 26.3 Å². The second-order valence-electron chi connectivity index (χ2n) is 7.00. The molecule has 0 spiro atoms. The second-order valence-corrected chi connectivity index (χ2v) is 7.00. The molecule has 2 heteroatoms. The van der Waals surface area contributed by atoms with Crippen molar-refractivity contribution in [2.24, 2.45) is 5.92 Å². The molecule has 0 fully saturated rings. The number of benzene rings is 2. The van der Waals surface area contributed by atoms with Gasteiger partial charge in [-0.15, -0.1) is 0 Å². The Morgan fingerprint density at radius 1 is 0.769 bits per heavy atom. The van der Waals surface area contributed by atoms with Gasteiger partial charge in [-0.05, 0) is 36.1 Å². The summed E-state index contributed by atoms with van der Waals surface area (Å²) in [6.45, 7) is 4.38. The van der Waals surface area contributed by atoms with Crippen molar-refractivity contribution in [2.45, 2.75) is 65.2 Å². The Morgan fingerprint density at radius 2 is 1.38 bits per heavy atom. The van der Waals surface area contributed by atoms with Crippen molar-refractivity contribution >= 4 is 5.97 Å². The summed E-state index contributed by atoms with van der Waals surface area (Å²) in [5.74, 6) is 0.604. The fraction of sp³-hybridized carbons (Fsp3) is 0.458. The fourth-order valence-corrected chi connectivity index (χ4v) is 3.19. The number of hydrogen-bond acceptors (Lipinski definition) is 2. The zero-order chi connectivity index (χ0) is 18.6. The molecule has 0 N–H and O–H groups in total. The standard InChI is InChI=1S/C24H32O2/c1-3-5-7-9-15-22(12-6-4-2)24(25)26-23-18-16-21(17-19-23)20-13-10-8-11-14-20/h8,10-11,13-14,16-19,22H,3-7,9,12,15H2,1-2H3. The van der Waals surface area contributed by atoms with Crippen molar-refractivity contribution < 1.29 is 9.53 Å². The molecule has 0 aliphatic heterocycles. The van der Waals surface area contributed by atoms with Crippen LogP contribution in [0.4, 0.5) is 0 Å². The molecule has 0 bridgehead atoms. The van der Waals surface area contributed by atoms with Crippen LogP contribution in [0.3, 0.4) is 0 Å². The monoisotopic (exact) mass is 352 g/mol. The lowest BCUT2D eigenvalue weighted by Crippen LogP contribution is -2.20. The lowest BCUT2D eigenvalue weighted by atomic mass is 9.95. The molecule has 0 aliphatic carbocycles. The maximum Gasteiger partial charge on any atom is 0.314 e. The molecule has 140 valence electrons. The Hall–Kier alpha value is -2.09. The summed E-state index contributed by atoms with van der Waals surface area (Å²) in [6.07, 6.45) is 8.87. The third-order valence-electron chi connectivity index (χ3n) is 4.83. The van der Waals surface area contributed by atoms with Crippen molar-refractivity contribution in [2.75, 3.05) is 0 Å². The highest BCUT2D eigenvalue weighted by Gasteiger charge is 2.19. The highest BCUT2D eigenvalue weighted by molar-refractivity contribution is 5.75. The molecular formula is C24H32O2. The van der Waals surface area contributed by atoms with Gasteiger partial charge in [0, 0.05) is 0 Å². The number of esters is 1. The van der Waals surface area contributed by atoms with E-state index in [4.69, 9.17) is 4.74 Å². The van der Waals surface area contributed by atoms with Gasteiger partial charge in [0.15, 0.2) is 0 Å². The maximum absolute atomic E-state index is 12.6. The van der Waals surface area contributed by atoms with Crippen molar-refractivity contribution in [1.82, 2.24) is 0 Å². The minimum absolute atomic E-state index is 0.0283. The highest BCUT2D eigenvalue weighted by Crippen LogP contribution is 2.24. The van der Waals surface area contributed by atoms with Gasteiger partial charge in [0.2, 0.25) is 0 Å². The minimum atomic E-state index is -0.0672. The smallest absolute Gasteiger partial charge is 0.314 e. The van der Waals surface area contributed by atoms with Crippen LogP contribution in [-0.4, -0.2) is 5.97 Å². The van der Waals surface area contributed by atoms with Crippen LogP contribution in [0.5, 0.6) is 5.75 Å². The van der Waals surface area contributed by atoms with Gasteiger partial charge in [-0.1, -0.05) is 94.8 Å². The minimum Gasteiger partial charge on any atom is -0.426 e. The summed E-state index contributed by atoms with van der Waals surface area (Å²) in [7, 11) is 0. The van der Waals surface area contributed by atoms with E-state index in [9.17, 15) is 4.79 Å². The number of hydrogen-bond donors (Lipinski definition) is 0. The van der Waals surface area contributed by atoms with E-state index in [0.717, 1.165) is 37.7 Å². The molecule has 2 nitrogen and oxygen atoms in total. The number of ether oxygens (including phenoxy) is 1.